The normalized spacial score (nSPS) is 14.5. The Morgan fingerprint density at radius 2 is 1.79 bits per heavy atom. The van der Waals surface area contributed by atoms with Gasteiger partial charge >= 0.3 is 6.03 Å². The Morgan fingerprint density at radius 3 is 2.50 bits per heavy atom. The van der Waals surface area contributed by atoms with E-state index in [2.05, 4.69) is 27.0 Å². The molecule has 1 aromatic carbocycles. The maximum Gasteiger partial charge on any atom is 0.321 e. The van der Waals surface area contributed by atoms with Gasteiger partial charge in [0.25, 0.3) is 0 Å². The lowest BCUT2D eigenvalue weighted by atomic mass is 9.96. The molecular weight excluding hydrogens is 372 g/mol. The number of aromatic nitrogens is 1. The van der Waals surface area contributed by atoms with E-state index >= 15 is 0 Å². The highest BCUT2D eigenvalue weighted by molar-refractivity contribution is 7.13. The molecule has 1 saturated carbocycles. The van der Waals surface area contributed by atoms with E-state index in [9.17, 15) is 9.59 Å². The molecule has 1 aromatic heterocycles. The summed E-state index contributed by atoms with van der Waals surface area (Å²) in [5, 5.41) is 11.2. The van der Waals surface area contributed by atoms with Crippen LogP contribution in [0, 0.1) is 13.8 Å². The summed E-state index contributed by atoms with van der Waals surface area (Å²) in [5.74, 6) is -0.0393. The molecule has 3 rings (SSSR count). The Hall–Kier alpha value is -2.41. The van der Waals surface area contributed by atoms with Gasteiger partial charge in [-0.05, 0) is 56.4 Å². The molecule has 6 nitrogen and oxygen atoms in total. The second-order valence-electron chi connectivity index (χ2n) is 7.50. The highest BCUT2D eigenvalue weighted by atomic mass is 32.1. The van der Waals surface area contributed by atoms with Crippen molar-refractivity contribution >= 4 is 34.1 Å². The van der Waals surface area contributed by atoms with E-state index in [1.165, 1.54) is 30.6 Å². The van der Waals surface area contributed by atoms with Gasteiger partial charge in [-0.3, -0.25) is 10.1 Å². The molecule has 0 bridgehead atoms. The third kappa shape index (κ3) is 6.34. The monoisotopic (exact) mass is 400 g/mol. The summed E-state index contributed by atoms with van der Waals surface area (Å²) < 4.78 is 0. The number of amides is 3. The number of carbonyl (C=O) groups is 2. The van der Waals surface area contributed by atoms with Gasteiger partial charge in [0.15, 0.2) is 5.13 Å². The first kappa shape index (κ1) is 20.3. The lowest BCUT2D eigenvalue weighted by Gasteiger charge is -2.22. The van der Waals surface area contributed by atoms with Gasteiger partial charge in [0.05, 0.1) is 5.69 Å². The Morgan fingerprint density at radius 1 is 1.07 bits per heavy atom. The van der Waals surface area contributed by atoms with Gasteiger partial charge in [0.1, 0.15) is 0 Å². The Kier molecular flexibility index (Phi) is 7.03. The van der Waals surface area contributed by atoms with E-state index in [0.717, 1.165) is 35.3 Å². The van der Waals surface area contributed by atoms with E-state index in [0.29, 0.717) is 18.0 Å². The summed E-state index contributed by atoms with van der Waals surface area (Å²) in [6, 6.07) is 6.06. The number of benzene rings is 1. The molecule has 28 heavy (non-hydrogen) atoms. The zero-order chi connectivity index (χ0) is 19.9. The van der Waals surface area contributed by atoms with Crippen molar-refractivity contribution in [2.75, 3.05) is 10.6 Å². The molecule has 0 atom stereocenters. The van der Waals surface area contributed by atoms with Crippen molar-refractivity contribution in [3.8, 4) is 0 Å². The van der Waals surface area contributed by atoms with Gasteiger partial charge in [0.2, 0.25) is 5.91 Å². The molecule has 150 valence electrons. The molecule has 0 saturated heterocycles. The fourth-order valence-corrected chi connectivity index (χ4v) is 4.30. The van der Waals surface area contributed by atoms with Crippen LogP contribution in [0.5, 0.6) is 0 Å². The van der Waals surface area contributed by atoms with Crippen LogP contribution in [0.15, 0.2) is 23.6 Å². The summed E-state index contributed by atoms with van der Waals surface area (Å²) in [7, 11) is 0. The zero-order valence-corrected chi connectivity index (χ0v) is 17.3. The first-order valence-corrected chi connectivity index (χ1v) is 10.8. The summed E-state index contributed by atoms with van der Waals surface area (Å²) in [6.07, 6.45) is 6.60. The second kappa shape index (κ2) is 9.68. The zero-order valence-electron chi connectivity index (χ0n) is 16.5. The van der Waals surface area contributed by atoms with Crippen LogP contribution in [-0.2, 0) is 11.2 Å². The molecule has 0 aliphatic heterocycles. The number of hydrogen-bond acceptors (Lipinski definition) is 4. The molecule has 2 aromatic rings. The number of anilines is 2. The summed E-state index contributed by atoms with van der Waals surface area (Å²) in [6.45, 7) is 4.02. The Balaban J connectivity index is 1.43. The molecule has 1 heterocycles. The quantitative estimate of drug-likeness (QED) is 0.652. The van der Waals surface area contributed by atoms with Crippen LogP contribution in [-0.4, -0.2) is 23.0 Å². The number of thiazole rings is 1. The smallest absolute Gasteiger partial charge is 0.321 e. The minimum Gasteiger partial charge on any atom is -0.335 e. The minimum atomic E-state index is -0.194. The number of aryl methyl sites for hydroxylation is 3. The van der Waals surface area contributed by atoms with Crippen molar-refractivity contribution in [3.05, 3.63) is 40.4 Å². The SMILES string of the molecule is Cc1cc(C)cc(NC(=O)CCc2csc(NC(=O)NC3CCCCC3)n2)c1. The number of carbonyl (C=O) groups excluding carboxylic acids is 2. The average molecular weight is 401 g/mol. The molecule has 3 N–H and O–H groups in total. The van der Waals surface area contributed by atoms with Crippen LogP contribution in [0.1, 0.15) is 55.3 Å². The van der Waals surface area contributed by atoms with Crippen LogP contribution in [0.4, 0.5) is 15.6 Å². The summed E-state index contributed by atoms with van der Waals surface area (Å²) >= 11 is 1.38. The van der Waals surface area contributed by atoms with Gasteiger partial charge in [-0.2, -0.15) is 0 Å². The second-order valence-corrected chi connectivity index (χ2v) is 8.36. The van der Waals surface area contributed by atoms with Crippen molar-refractivity contribution in [1.29, 1.82) is 0 Å². The van der Waals surface area contributed by atoms with Gasteiger partial charge in [-0.15, -0.1) is 11.3 Å². The van der Waals surface area contributed by atoms with Crippen LogP contribution in [0.2, 0.25) is 0 Å². The maximum atomic E-state index is 12.2. The van der Waals surface area contributed by atoms with Gasteiger partial charge in [0, 0.05) is 23.5 Å². The summed E-state index contributed by atoms with van der Waals surface area (Å²) in [4.78, 5) is 28.7. The maximum absolute atomic E-state index is 12.2. The Labute approximate surface area is 170 Å². The van der Waals surface area contributed by atoms with Crippen molar-refractivity contribution in [2.45, 2.75) is 64.8 Å². The molecule has 0 radical (unpaired) electrons. The van der Waals surface area contributed by atoms with E-state index in [1.807, 2.05) is 31.4 Å². The summed E-state index contributed by atoms with van der Waals surface area (Å²) in [5.41, 5.74) is 3.88. The standard InChI is InChI=1S/C21H28N4O2S/c1-14-10-15(2)12-18(11-14)22-19(26)9-8-17-13-28-21(24-17)25-20(27)23-16-6-4-3-5-7-16/h10-13,16H,3-9H2,1-2H3,(H,22,26)(H2,23,24,25,27). The van der Waals surface area contributed by atoms with Gasteiger partial charge in [-0.25, -0.2) is 9.78 Å². The van der Waals surface area contributed by atoms with Crippen molar-refractivity contribution in [3.63, 3.8) is 0 Å². The number of nitrogens with zero attached hydrogens (tertiary/aromatic N) is 1. The first-order chi connectivity index (χ1) is 13.5. The van der Waals surface area contributed by atoms with Crippen LogP contribution >= 0.6 is 11.3 Å². The van der Waals surface area contributed by atoms with Crippen molar-refractivity contribution in [1.82, 2.24) is 10.3 Å². The molecular formula is C21H28N4O2S. The third-order valence-corrected chi connectivity index (χ3v) is 5.63. The number of nitrogens with one attached hydrogen (secondary N) is 3. The largest absolute Gasteiger partial charge is 0.335 e. The van der Waals surface area contributed by atoms with Crippen molar-refractivity contribution < 1.29 is 9.59 Å². The molecule has 0 spiro atoms. The van der Waals surface area contributed by atoms with Crippen LogP contribution in [0.25, 0.3) is 0 Å². The highest BCUT2D eigenvalue weighted by Crippen LogP contribution is 2.19. The lowest BCUT2D eigenvalue weighted by Crippen LogP contribution is -2.38. The number of rotatable bonds is 6. The molecule has 0 unspecified atom stereocenters. The van der Waals surface area contributed by atoms with E-state index < -0.39 is 0 Å². The predicted octanol–water partition coefficient (Wildman–Crippen LogP) is 4.79. The molecule has 1 aliphatic carbocycles. The molecule has 1 fully saturated rings. The minimum absolute atomic E-state index is 0.0393. The van der Waals surface area contributed by atoms with Crippen LogP contribution in [0.3, 0.4) is 0 Å². The fourth-order valence-electron chi connectivity index (χ4n) is 3.56. The van der Waals surface area contributed by atoms with Gasteiger partial charge in [-0.1, -0.05) is 25.3 Å². The number of hydrogen-bond donors (Lipinski definition) is 3. The van der Waals surface area contributed by atoms with Crippen LogP contribution < -0.4 is 16.0 Å². The first-order valence-electron chi connectivity index (χ1n) is 9.88. The van der Waals surface area contributed by atoms with E-state index in [1.54, 1.807) is 0 Å². The lowest BCUT2D eigenvalue weighted by molar-refractivity contribution is -0.116. The average Bonchev–Trinajstić information content (AvgIpc) is 3.07. The topological polar surface area (TPSA) is 83.1 Å². The Bertz CT molecular complexity index is 807. The fraction of sp³-hybridized carbons (Fsp3) is 0.476. The predicted molar refractivity (Wildman–Crippen MR) is 114 cm³/mol. The third-order valence-electron chi connectivity index (χ3n) is 4.83. The van der Waals surface area contributed by atoms with Gasteiger partial charge < -0.3 is 10.6 Å². The molecule has 1 aliphatic rings. The molecule has 3 amide bonds. The van der Waals surface area contributed by atoms with E-state index in [4.69, 9.17) is 0 Å². The number of urea groups is 1. The van der Waals surface area contributed by atoms with Crippen molar-refractivity contribution in [2.24, 2.45) is 0 Å². The van der Waals surface area contributed by atoms with E-state index in [-0.39, 0.29) is 18.0 Å². The highest BCUT2D eigenvalue weighted by Gasteiger charge is 2.16. The molecule has 7 heteroatoms.